The van der Waals surface area contributed by atoms with E-state index in [1.807, 2.05) is 5.38 Å². The van der Waals surface area contributed by atoms with E-state index in [1.165, 1.54) is 16.2 Å². The summed E-state index contributed by atoms with van der Waals surface area (Å²) >= 11 is 7.10. The van der Waals surface area contributed by atoms with Crippen LogP contribution in [0.2, 0.25) is 0 Å². The molecule has 1 aromatic rings. The van der Waals surface area contributed by atoms with Crippen molar-refractivity contribution >= 4 is 34.8 Å². The molecule has 0 unspecified atom stereocenters. The second-order valence-corrected chi connectivity index (χ2v) is 5.16. The Bertz CT molecular complexity index is 415. The molecule has 1 fully saturated rings. The molecule has 4 nitrogen and oxygen atoms in total. The van der Waals surface area contributed by atoms with Crippen molar-refractivity contribution in [3.63, 3.8) is 0 Å². The Labute approximate surface area is 109 Å². The SMILES string of the molecule is O=C1CCCCC(=O)N1Cc1nc(CCl)cs1. The van der Waals surface area contributed by atoms with Gasteiger partial charge in [-0.05, 0) is 12.8 Å². The molecule has 1 aromatic heterocycles. The highest BCUT2D eigenvalue weighted by atomic mass is 35.5. The zero-order valence-corrected chi connectivity index (χ0v) is 10.9. The van der Waals surface area contributed by atoms with Crippen LogP contribution in [-0.4, -0.2) is 21.7 Å². The fourth-order valence-corrected chi connectivity index (χ4v) is 2.77. The smallest absolute Gasteiger partial charge is 0.229 e. The van der Waals surface area contributed by atoms with Crippen LogP contribution in [0.25, 0.3) is 0 Å². The number of carbonyl (C=O) groups excluding carboxylic acids is 2. The minimum absolute atomic E-state index is 0.0878. The van der Waals surface area contributed by atoms with Crippen LogP contribution in [0.5, 0.6) is 0 Å². The highest BCUT2D eigenvalue weighted by Crippen LogP contribution is 2.18. The molecule has 0 bridgehead atoms. The highest BCUT2D eigenvalue weighted by Gasteiger charge is 2.24. The zero-order valence-electron chi connectivity index (χ0n) is 9.32. The molecular formula is C11H13ClN2O2S. The first-order valence-electron chi connectivity index (χ1n) is 5.53. The second kappa shape index (κ2) is 5.60. The lowest BCUT2D eigenvalue weighted by atomic mass is 10.2. The molecule has 1 saturated heterocycles. The Kier molecular flexibility index (Phi) is 4.12. The monoisotopic (exact) mass is 272 g/mol. The lowest BCUT2D eigenvalue weighted by Crippen LogP contribution is -2.34. The van der Waals surface area contributed by atoms with Crippen molar-refractivity contribution in [2.24, 2.45) is 0 Å². The highest BCUT2D eigenvalue weighted by molar-refractivity contribution is 7.09. The fourth-order valence-electron chi connectivity index (χ4n) is 1.76. The van der Waals surface area contributed by atoms with E-state index in [0.717, 1.165) is 23.5 Å². The van der Waals surface area contributed by atoms with Crippen LogP contribution in [0.3, 0.4) is 0 Å². The zero-order chi connectivity index (χ0) is 12.3. The van der Waals surface area contributed by atoms with Gasteiger partial charge in [-0.3, -0.25) is 14.5 Å². The summed E-state index contributed by atoms with van der Waals surface area (Å²) in [5, 5.41) is 2.62. The van der Waals surface area contributed by atoms with Gasteiger partial charge in [-0.1, -0.05) is 0 Å². The van der Waals surface area contributed by atoms with E-state index in [9.17, 15) is 9.59 Å². The standard InChI is InChI=1S/C11H13ClN2O2S/c12-5-8-7-17-9(13-8)6-14-10(15)3-1-2-4-11(14)16/h7H,1-6H2. The molecule has 0 spiro atoms. The van der Waals surface area contributed by atoms with Crippen LogP contribution in [-0.2, 0) is 22.0 Å². The predicted molar refractivity (Wildman–Crippen MR) is 65.7 cm³/mol. The molecule has 6 heteroatoms. The summed E-state index contributed by atoms with van der Waals surface area (Å²) in [5.41, 5.74) is 0.793. The number of rotatable bonds is 3. The van der Waals surface area contributed by atoms with Crippen LogP contribution >= 0.6 is 22.9 Å². The summed E-state index contributed by atoms with van der Waals surface area (Å²) in [6.45, 7) is 0.291. The van der Waals surface area contributed by atoms with E-state index in [4.69, 9.17) is 11.6 Å². The molecule has 0 aliphatic carbocycles. The Hall–Kier alpha value is -0.940. The van der Waals surface area contributed by atoms with Gasteiger partial charge in [0.15, 0.2) is 0 Å². The minimum atomic E-state index is -0.0878. The summed E-state index contributed by atoms with van der Waals surface area (Å²) in [4.78, 5) is 29.1. The quantitative estimate of drug-likeness (QED) is 0.627. The molecular weight excluding hydrogens is 260 g/mol. The normalized spacial score (nSPS) is 17.4. The molecule has 0 N–H and O–H groups in total. The van der Waals surface area contributed by atoms with Gasteiger partial charge in [0, 0.05) is 18.2 Å². The van der Waals surface area contributed by atoms with Crippen molar-refractivity contribution in [1.82, 2.24) is 9.88 Å². The van der Waals surface area contributed by atoms with Crippen molar-refractivity contribution in [3.05, 3.63) is 16.1 Å². The number of amides is 2. The topological polar surface area (TPSA) is 50.3 Å². The Morgan fingerprint density at radius 2 is 1.94 bits per heavy atom. The summed E-state index contributed by atoms with van der Waals surface area (Å²) in [6.07, 6.45) is 2.51. The maximum Gasteiger partial charge on any atom is 0.229 e. The average Bonchev–Trinajstić information content (AvgIpc) is 2.72. The van der Waals surface area contributed by atoms with Gasteiger partial charge in [0.25, 0.3) is 0 Å². The lowest BCUT2D eigenvalue weighted by Gasteiger charge is -2.16. The number of carbonyl (C=O) groups is 2. The third kappa shape index (κ3) is 3.04. The first kappa shape index (κ1) is 12.5. The second-order valence-electron chi connectivity index (χ2n) is 3.95. The van der Waals surface area contributed by atoms with Gasteiger partial charge >= 0.3 is 0 Å². The van der Waals surface area contributed by atoms with Gasteiger partial charge in [0.1, 0.15) is 5.01 Å². The van der Waals surface area contributed by atoms with Gasteiger partial charge in [-0.2, -0.15) is 0 Å². The number of nitrogens with zero attached hydrogens (tertiary/aromatic N) is 2. The molecule has 2 amide bonds. The first-order valence-corrected chi connectivity index (χ1v) is 6.94. The molecule has 1 aliphatic rings. The minimum Gasteiger partial charge on any atom is -0.276 e. The Balaban J connectivity index is 2.09. The molecule has 0 radical (unpaired) electrons. The van der Waals surface area contributed by atoms with E-state index < -0.39 is 0 Å². The Morgan fingerprint density at radius 3 is 2.47 bits per heavy atom. The van der Waals surface area contributed by atoms with Crippen LogP contribution in [0.4, 0.5) is 0 Å². The number of alkyl halides is 1. The number of aromatic nitrogens is 1. The van der Waals surface area contributed by atoms with E-state index in [2.05, 4.69) is 4.98 Å². The van der Waals surface area contributed by atoms with Gasteiger partial charge in [0.05, 0.1) is 18.1 Å². The van der Waals surface area contributed by atoms with Crippen LogP contribution in [0.15, 0.2) is 5.38 Å². The number of halogens is 1. The van der Waals surface area contributed by atoms with E-state index in [-0.39, 0.29) is 11.8 Å². The van der Waals surface area contributed by atoms with Crippen LogP contribution in [0.1, 0.15) is 36.4 Å². The summed E-state index contributed by atoms with van der Waals surface area (Å²) in [5.74, 6) is 0.184. The molecule has 0 aromatic carbocycles. The number of thiazole rings is 1. The fraction of sp³-hybridized carbons (Fsp3) is 0.545. The number of hydrogen-bond donors (Lipinski definition) is 0. The van der Waals surface area contributed by atoms with Gasteiger partial charge in [-0.25, -0.2) is 4.98 Å². The number of hydrogen-bond acceptors (Lipinski definition) is 4. The van der Waals surface area contributed by atoms with Crippen molar-refractivity contribution < 1.29 is 9.59 Å². The molecule has 92 valence electrons. The molecule has 1 aliphatic heterocycles. The van der Waals surface area contributed by atoms with Crippen LogP contribution in [0, 0.1) is 0 Å². The Morgan fingerprint density at radius 1 is 1.29 bits per heavy atom. The molecule has 17 heavy (non-hydrogen) atoms. The lowest BCUT2D eigenvalue weighted by molar-refractivity contribution is -0.144. The third-order valence-electron chi connectivity index (χ3n) is 2.66. The van der Waals surface area contributed by atoms with E-state index >= 15 is 0 Å². The van der Waals surface area contributed by atoms with Crippen LogP contribution < -0.4 is 0 Å². The molecule has 2 rings (SSSR count). The molecule has 0 saturated carbocycles. The van der Waals surface area contributed by atoms with Crippen molar-refractivity contribution in [1.29, 1.82) is 0 Å². The number of likely N-dealkylation sites (tertiary alicyclic amines) is 1. The van der Waals surface area contributed by atoms with E-state index in [0.29, 0.717) is 25.3 Å². The van der Waals surface area contributed by atoms with Crippen molar-refractivity contribution in [2.75, 3.05) is 0 Å². The molecule has 2 heterocycles. The predicted octanol–water partition coefficient (Wildman–Crippen LogP) is 2.31. The van der Waals surface area contributed by atoms with Crippen molar-refractivity contribution in [2.45, 2.75) is 38.1 Å². The first-order chi connectivity index (χ1) is 8.20. The maximum atomic E-state index is 11.8. The average molecular weight is 273 g/mol. The third-order valence-corrected chi connectivity index (χ3v) is 3.82. The van der Waals surface area contributed by atoms with E-state index in [1.54, 1.807) is 0 Å². The summed E-state index contributed by atoms with van der Waals surface area (Å²) < 4.78 is 0. The van der Waals surface area contributed by atoms with Gasteiger partial charge in [0.2, 0.25) is 11.8 Å². The number of imide groups is 1. The largest absolute Gasteiger partial charge is 0.276 e. The summed E-state index contributed by atoms with van der Waals surface area (Å²) in [7, 11) is 0. The molecule has 0 atom stereocenters. The maximum absolute atomic E-state index is 11.8. The van der Waals surface area contributed by atoms with Gasteiger partial charge in [-0.15, -0.1) is 22.9 Å². The van der Waals surface area contributed by atoms with Gasteiger partial charge < -0.3 is 0 Å². The summed E-state index contributed by atoms with van der Waals surface area (Å²) in [6, 6.07) is 0. The van der Waals surface area contributed by atoms with Crippen molar-refractivity contribution in [3.8, 4) is 0 Å².